The standard InChI is InChI=1S/C33H52O5/c1-20(2)22-10-15-33(28(37)38-19-21(35)18-34)17-16-31(6)23(27(22)33)8-9-25-30(5)13-12-26(36)29(3,4)24(30)11-14-32(25,31)7/h21-25,27,34-35H,1,8-19H2,2-7H3/t21?,22?,23?,24?,25?,27?,30-,31+,32+,33-/m0/s1. The third-order valence-electron chi connectivity index (χ3n) is 13.8. The molecule has 2 N–H and O–H groups in total. The lowest BCUT2D eigenvalue weighted by atomic mass is 9.32. The van der Waals surface area contributed by atoms with Gasteiger partial charge < -0.3 is 14.9 Å². The van der Waals surface area contributed by atoms with Crippen molar-refractivity contribution in [2.45, 2.75) is 112 Å². The minimum atomic E-state index is -1.03. The van der Waals surface area contributed by atoms with Crippen LogP contribution in [0.3, 0.4) is 0 Å². The molecule has 0 aromatic carbocycles. The van der Waals surface area contributed by atoms with Crippen LogP contribution in [0.25, 0.3) is 0 Å². The molecule has 214 valence electrons. The number of aliphatic hydroxyl groups excluding tert-OH is 2. The first-order chi connectivity index (χ1) is 17.7. The van der Waals surface area contributed by atoms with Gasteiger partial charge in [0.05, 0.1) is 12.0 Å². The van der Waals surface area contributed by atoms with Gasteiger partial charge in [-0.3, -0.25) is 9.59 Å². The smallest absolute Gasteiger partial charge is 0.312 e. The van der Waals surface area contributed by atoms with Gasteiger partial charge in [0.2, 0.25) is 0 Å². The zero-order valence-corrected chi connectivity index (χ0v) is 24.8. The summed E-state index contributed by atoms with van der Waals surface area (Å²) >= 11 is 0. The van der Waals surface area contributed by atoms with E-state index in [1.165, 1.54) is 12.0 Å². The highest BCUT2D eigenvalue weighted by molar-refractivity contribution is 5.85. The zero-order valence-electron chi connectivity index (χ0n) is 24.8. The lowest BCUT2D eigenvalue weighted by molar-refractivity contribution is -0.236. The second-order valence-corrected chi connectivity index (χ2v) is 15.4. The van der Waals surface area contributed by atoms with E-state index < -0.39 is 18.1 Å². The average Bonchev–Trinajstić information content (AvgIpc) is 3.26. The van der Waals surface area contributed by atoms with Crippen molar-refractivity contribution in [3.63, 3.8) is 0 Å². The summed E-state index contributed by atoms with van der Waals surface area (Å²) in [6.07, 6.45) is 8.91. The summed E-state index contributed by atoms with van der Waals surface area (Å²) < 4.78 is 5.72. The third-order valence-corrected chi connectivity index (χ3v) is 13.8. The first kappa shape index (κ1) is 28.3. The summed E-state index contributed by atoms with van der Waals surface area (Å²) in [5.74, 6) is 2.27. The van der Waals surface area contributed by atoms with Gasteiger partial charge in [-0.1, -0.05) is 46.8 Å². The van der Waals surface area contributed by atoms with Crippen LogP contribution in [0, 0.1) is 56.7 Å². The maximum absolute atomic E-state index is 13.8. The van der Waals surface area contributed by atoms with Gasteiger partial charge in [0.15, 0.2) is 0 Å². The predicted octanol–water partition coefficient (Wildman–Crippen LogP) is 6.11. The Kier molecular flexibility index (Phi) is 6.83. The van der Waals surface area contributed by atoms with Crippen molar-refractivity contribution in [1.29, 1.82) is 0 Å². The second kappa shape index (κ2) is 9.16. The van der Waals surface area contributed by atoms with Crippen molar-refractivity contribution in [3.05, 3.63) is 12.2 Å². The molecule has 0 heterocycles. The zero-order chi connectivity index (χ0) is 27.9. The highest BCUT2D eigenvalue weighted by atomic mass is 16.5. The van der Waals surface area contributed by atoms with Gasteiger partial charge in [0.1, 0.15) is 18.5 Å². The lowest BCUT2D eigenvalue weighted by Crippen LogP contribution is -2.66. The number of allylic oxidation sites excluding steroid dienone is 1. The molecule has 5 aliphatic carbocycles. The van der Waals surface area contributed by atoms with E-state index in [0.29, 0.717) is 35.9 Å². The SMILES string of the molecule is C=C(C)C1CC[C@]2(C(=O)OCC(O)CO)CC[C@]3(C)C(CCC4[C@@]5(C)CCC(=O)C(C)(C)C5CC[C@]43C)C12. The molecule has 0 aliphatic heterocycles. The monoisotopic (exact) mass is 528 g/mol. The van der Waals surface area contributed by atoms with Gasteiger partial charge in [0.25, 0.3) is 0 Å². The van der Waals surface area contributed by atoms with Crippen molar-refractivity contribution >= 4 is 11.8 Å². The van der Waals surface area contributed by atoms with Crippen LogP contribution in [-0.4, -0.2) is 41.3 Å². The van der Waals surface area contributed by atoms with E-state index in [9.17, 15) is 19.8 Å². The second-order valence-electron chi connectivity index (χ2n) is 15.4. The van der Waals surface area contributed by atoms with Crippen LogP contribution in [0.4, 0.5) is 0 Å². The van der Waals surface area contributed by atoms with Crippen LogP contribution in [0.1, 0.15) is 106 Å². The predicted molar refractivity (Wildman–Crippen MR) is 148 cm³/mol. The molecular weight excluding hydrogens is 476 g/mol. The van der Waals surface area contributed by atoms with Crippen molar-refractivity contribution in [1.82, 2.24) is 0 Å². The van der Waals surface area contributed by atoms with Gasteiger partial charge in [-0.15, -0.1) is 0 Å². The third kappa shape index (κ3) is 3.62. The number of aliphatic hydroxyl groups is 2. The lowest BCUT2D eigenvalue weighted by Gasteiger charge is -2.72. The molecule has 0 radical (unpaired) electrons. The summed E-state index contributed by atoms with van der Waals surface area (Å²) in [6, 6.07) is 0. The van der Waals surface area contributed by atoms with Crippen LogP contribution in [0.5, 0.6) is 0 Å². The number of hydrogen-bond donors (Lipinski definition) is 2. The molecule has 6 unspecified atom stereocenters. The maximum atomic E-state index is 13.8. The topological polar surface area (TPSA) is 83.8 Å². The highest BCUT2D eigenvalue weighted by Crippen LogP contribution is 2.77. The quantitative estimate of drug-likeness (QED) is 0.332. The molecule has 0 saturated heterocycles. The van der Waals surface area contributed by atoms with Crippen molar-refractivity contribution < 1.29 is 24.5 Å². The average molecular weight is 529 g/mol. The summed E-state index contributed by atoms with van der Waals surface area (Å²) in [5, 5.41) is 19.1. The van der Waals surface area contributed by atoms with Crippen LogP contribution in [0.2, 0.25) is 0 Å². The normalized spacial score (nSPS) is 48.2. The van der Waals surface area contributed by atoms with Gasteiger partial charge >= 0.3 is 5.97 Å². The Morgan fingerprint density at radius 3 is 2.34 bits per heavy atom. The molecule has 0 aromatic rings. The fourth-order valence-corrected chi connectivity index (χ4v) is 11.7. The molecule has 38 heavy (non-hydrogen) atoms. The van der Waals surface area contributed by atoms with E-state index in [1.807, 2.05) is 0 Å². The van der Waals surface area contributed by atoms with Gasteiger partial charge in [-0.2, -0.15) is 0 Å². The highest BCUT2D eigenvalue weighted by Gasteiger charge is 2.72. The number of hydrogen-bond acceptors (Lipinski definition) is 5. The first-order valence-electron chi connectivity index (χ1n) is 15.3. The largest absolute Gasteiger partial charge is 0.462 e. The van der Waals surface area contributed by atoms with Gasteiger partial charge in [0, 0.05) is 11.8 Å². The molecule has 0 amide bonds. The number of rotatable bonds is 5. The molecule has 5 aliphatic rings. The van der Waals surface area contributed by atoms with Crippen LogP contribution < -0.4 is 0 Å². The molecule has 10 atom stereocenters. The number of carbonyl (C=O) groups is 2. The van der Waals surface area contributed by atoms with Crippen molar-refractivity contribution in [2.24, 2.45) is 56.7 Å². The number of Topliss-reactive ketones (excluding diaryl/α,β-unsaturated/α-hetero) is 1. The van der Waals surface area contributed by atoms with E-state index in [1.54, 1.807) is 0 Å². The van der Waals surface area contributed by atoms with E-state index >= 15 is 0 Å². The van der Waals surface area contributed by atoms with E-state index in [0.717, 1.165) is 51.4 Å². The van der Waals surface area contributed by atoms with Gasteiger partial charge in [-0.25, -0.2) is 0 Å². The van der Waals surface area contributed by atoms with Crippen LogP contribution in [0.15, 0.2) is 12.2 Å². The number of ether oxygens (including phenoxy) is 1. The fourth-order valence-electron chi connectivity index (χ4n) is 11.7. The molecule has 5 rings (SSSR count). The van der Waals surface area contributed by atoms with Crippen molar-refractivity contribution in [2.75, 3.05) is 13.2 Å². The Morgan fingerprint density at radius 1 is 0.974 bits per heavy atom. The summed E-state index contributed by atoms with van der Waals surface area (Å²) in [7, 11) is 0. The van der Waals surface area contributed by atoms with E-state index in [4.69, 9.17) is 4.74 Å². The maximum Gasteiger partial charge on any atom is 0.312 e. The molecule has 0 aromatic heterocycles. The Labute approximate surface area is 230 Å². The summed E-state index contributed by atoms with van der Waals surface area (Å²) in [4.78, 5) is 26.8. The number of fused-ring (bicyclic) bond motifs is 7. The minimum absolute atomic E-state index is 0.118. The van der Waals surface area contributed by atoms with Crippen LogP contribution in [-0.2, 0) is 14.3 Å². The molecule has 5 heteroatoms. The minimum Gasteiger partial charge on any atom is -0.462 e. The van der Waals surface area contributed by atoms with E-state index in [-0.39, 0.29) is 40.2 Å². The molecule has 5 fully saturated rings. The molecular formula is C33H52O5. The van der Waals surface area contributed by atoms with Crippen LogP contribution >= 0.6 is 0 Å². The van der Waals surface area contributed by atoms with Crippen molar-refractivity contribution in [3.8, 4) is 0 Å². The van der Waals surface area contributed by atoms with Gasteiger partial charge in [-0.05, 0) is 111 Å². The molecule has 0 bridgehead atoms. The molecule has 5 nitrogen and oxygen atoms in total. The fraction of sp³-hybridized carbons (Fsp3) is 0.879. The summed E-state index contributed by atoms with van der Waals surface area (Å²) in [5.41, 5.74) is 0.880. The number of ketones is 1. The number of carbonyl (C=O) groups excluding carboxylic acids is 2. The Balaban J connectivity index is 1.51. The Bertz CT molecular complexity index is 1000. The molecule has 0 spiro atoms. The number of esters is 1. The molecule has 5 saturated carbocycles. The Morgan fingerprint density at radius 2 is 1.68 bits per heavy atom. The summed E-state index contributed by atoms with van der Waals surface area (Å²) in [6.45, 7) is 18.0. The Hall–Kier alpha value is -1.20. The first-order valence-corrected chi connectivity index (χ1v) is 15.3. The van der Waals surface area contributed by atoms with E-state index in [2.05, 4.69) is 48.1 Å².